The van der Waals surface area contributed by atoms with Crippen LogP contribution in [0.1, 0.15) is 6.92 Å². The number of nitrogens with one attached hydrogen (secondary N) is 2. The molecule has 0 unspecified atom stereocenters. The van der Waals surface area contributed by atoms with Crippen molar-refractivity contribution in [1.82, 2.24) is 0 Å². The highest BCUT2D eigenvalue weighted by molar-refractivity contribution is 8.07. The Morgan fingerprint density at radius 2 is 1.20 bits per heavy atom. The van der Waals surface area contributed by atoms with Crippen LogP contribution in [0.25, 0.3) is 0 Å². The minimum atomic E-state index is -2.85. The van der Waals surface area contributed by atoms with Gasteiger partial charge >= 0.3 is 6.72 Å². The van der Waals surface area contributed by atoms with Crippen LogP contribution in [-0.4, -0.2) is 84.2 Å². The van der Waals surface area contributed by atoms with Crippen LogP contribution in [0.3, 0.4) is 0 Å². The van der Waals surface area contributed by atoms with Gasteiger partial charge in [0.15, 0.2) is 38.0 Å². The average molecular weight is 398 g/mol. The van der Waals surface area contributed by atoms with Crippen molar-refractivity contribution in [3.8, 4) is 0 Å². The van der Waals surface area contributed by atoms with E-state index in [4.69, 9.17) is 44.3 Å². The lowest BCUT2D eigenvalue weighted by molar-refractivity contribution is -0.939. The van der Waals surface area contributed by atoms with Crippen molar-refractivity contribution < 1.29 is 42.3 Å². The molecule has 0 aromatic carbocycles. The van der Waals surface area contributed by atoms with Crippen molar-refractivity contribution in [2.45, 2.75) is 18.0 Å². The van der Waals surface area contributed by atoms with Gasteiger partial charge in [0.2, 0.25) is 0 Å². The van der Waals surface area contributed by atoms with E-state index in [2.05, 4.69) is 0 Å². The van der Waals surface area contributed by atoms with Gasteiger partial charge in [0.1, 0.15) is 39.6 Å². The van der Waals surface area contributed by atoms with E-state index in [0.29, 0.717) is 73.2 Å². The van der Waals surface area contributed by atoms with E-state index in [1.54, 1.807) is 0 Å². The van der Waals surface area contributed by atoms with Crippen molar-refractivity contribution in [2.24, 2.45) is 0 Å². The molecule has 0 amide bonds. The Kier molecular flexibility index (Phi) is 5.49. The van der Waals surface area contributed by atoms with Crippen LogP contribution in [0.4, 0.5) is 0 Å². The Morgan fingerprint density at radius 1 is 0.800 bits per heavy atom. The summed E-state index contributed by atoms with van der Waals surface area (Å²) in [6.07, 6.45) is 0. The summed E-state index contributed by atoms with van der Waals surface area (Å²) in [5.41, 5.74) is -0.403. The molecular formula is C14H27N2O7PS+2. The summed E-state index contributed by atoms with van der Waals surface area (Å²) in [5, 5.41) is 0. The van der Waals surface area contributed by atoms with Gasteiger partial charge in [-0.05, 0) is 18.7 Å². The largest absolute Gasteiger partial charge is 0.327 e. The van der Waals surface area contributed by atoms with E-state index in [9.17, 15) is 0 Å². The molecule has 0 aliphatic carbocycles. The molecule has 0 aromatic rings. The van der Waals surface area contributed by atoms with Crippen LogP contribution >= 0.6 is 6.72 Å². The highest BCUT2D eigenvalue weighted by atomic mass is 32.5. The zero-order valence-electron chi connectivity index (χ0n) is 14.5. The van der Waals surface area contributed by atoms with Crippen LogP contribution in [0, 0.1) is 0 Å². The molecule has 4 heterocycles. The number of quaternary nitrogens is 2. The minimum Gasteiger partial charge on any atom is -0.325 e. The lowest BCUT2D eigenvalue weighted by Gasteiger charge is -2.30. The number of hydrogen-bond acceptors (Lipinski definition) is 8. The Balaban J connectivity index is 1.38. The van der Waals surface area contributed by atoms with Gasteiger partial charge in [-0.1, -0.05) is 0 Å². The number of fused-ring (bicyclic) bond motifs is 2. The Morgan fingerprint density at radius 3 is 1.56 bits per heavy atom. The Bertz CT molecular complexity index is 479. The van der Waals surface area contributed by atoms with Crippen LogP contribution in [0.2, 0.25) is 0 Å². The third-order valence-corrected chi connectivity index (χ3v) is 7.82. The predicted octanol–water partition coefficient (Wildman–Crippen LogP) is -2.52. The molecular weight excluding hydrogens is 371 g/mol. The van der Waals surface area contributed by atoms with E-state index >= 15 is 0 Å². The van der Waals surface area contributed by atoms with Crippen molar-refractivity contribution >= 4 is 18.5 Å². The number of rotatable bonds is 8. The predicted molar refractivity (Wildman–Crippen MR) is 88.5 cm³/mol. The van der Waals surface area contributed by atoms with Gasteiger partial charge in [-0.25, -0.2) is 0 Å². The van der Waals surface area contributed by atoms with E-state index in [1.807, 2.05) is 6.92 Å². The molecule has 0 bridgehead atoms. The maximum Gasteiger partial charge on any atom is 0.327 e. The first-order valence-electron chi connectivity index (χ1n) is 8.65. The van der Waals surface area contributed by atoms with Gasteiger partial charge in [0.05, 0.1) is 6.61 Å². The molecule has 4 saturated heterocycles. The number of ether oxygens (including phenoxy) is 4. The maximum atomic E-state index is 6.07. The molecule has 0 radical (unpaired) electrons. The SMILES string of the molecule is CCOP(=S)(OCC12COC[NH+]1COC2)OCC12COC[NH+]1COC2. The molecule has 11 heteroatoms. The second kappa shape index (κ2) is 7.37. The molecule has 0 spiro atoms. The molecule has 0 aromatic heterocycles. The van der Waals surface area contributed by atoms with E-state index in [-0.39, 0.29) is 11.1 Å². The standard InChI is InChI=1S/C14H25N2O7PS/c1-2-21-24(25,22-7-13-3-17-9-15(13)10-18-4-13)23-8-14-5-19-11-16(14)12-20-6-14/h2-12H2,1H3/p+2. The molecule has 144 valence electrons. The van der Waals surface area contributed by atoms with Crippen LogP contribution in [-0.2, 0) is 44.3 Å². The van der Waals surface area contributed by atoms with E-state index in [1.165, 1.54) is 9.80 Å². The lowest BCUT2D eigenvalue weighted by atomic mass is 10.0. The summed E-state index contributed by atoms with van der Waals surface area (Å²) in [4.78, 5) is 2.49. The first kappa shape index (κ1) is 18.6. The van der Waals surface area contributed by atoms with E-state index < -0.39 is 6.72 Å². The molecule has 4 rings (SSSR count). The Labute approximate surface area is 152 Å². The molecule has 4 aliphatic heterocycles. The fraction of sp³-hybridized carbons (Fsp3) is 1.00. The summed E-state index contributed by atoms with van der Waals surface area (Å²) in [5.74, 6) is 0. The average Bonchev–Trinajstić information content (AvgIpc) is 3.31. The van der Waals surface area contributed by atoms with Crippen molar-refractivity contribution in [3.05, 3.63) is 0 Å². The summed E-state index contributed by atoms with van der Waals surface area (Å²) in [7, 11) is 0. The van der Waals surface area contributed by atoms with Crippen molar-refractivity contribution in [1.29, 1.82) is 0 Å². The van der Waals surface area contributed by atoms with Crippen LogP contribution < -0.4 is 9.80 Å². The molecule has 2 N–H and O–H groups in total. The first-order chi connectivity index (χ1) is 12.1. The first-order valence-corrected chi connectivity index (χ1v) is 11.2. The molecule has 25 heavy (non-hydrogen) atoms. The van der Waals surface area contributed by atoms with E-state index in [0.717, 1.165) is 0 Å². The fourth-order valence-electron chi connectivity index (χ4n) is 3.71. The zero-order chi connectivity index (χ0) is 17.4. The topological polar surface area (TPSA) is 73.5 Å². The highest BCUT2D eigenvalue weighted by Gasteiger charge is 2.54. The summed E-state index contributed by atoms with van der Waals surface area (Å²) < 4.78 is 40.3. The van der Waals surface area contributed by atoms with Crippen LogP contribution in [0.5, 0.6) is 0 Å². The van der Waals surface area contributed by atoms with Gasteiger partial charge in [-0.2, -0.15) is 0 Å². The molecule has 4 aliphatic rings. The molecule has 0 saturated carbocycles. The maximum absolute atomic E-state index is 6.07. The fourth-order valence-corrected chi connectivity index (χ4v) is 5.69. The van der Waals surface area contributed by atoms with Gasteiger partial charge in [-0.3, -0.25) is 9.80 Å². The highest BCUT2D eigenvalue weighted by Crippen LogP contribution is 2.51. The second-order valence-corrected chi connectivity index (χ2v) is 10.2. The monoisotopic (exact) mass is 398 g/mol. The van der Waals surface area contributed by atoms with Crippen molar-refractivity contribution in [2.75, 3.05) is 73.2 Å². The van der Waals surface area contributed by atoms with Gasteiger partial charge in [0, 0.05) is 0 Å². The Hall–Kier alpha value is 0.290. The summed E-state index contributed by atoms with van der Waals surface area (Å²) in [6, 6.07) is 0. The van der Waals surface area contributed by atoms with Gasteiger partial charge in [0.25, 0.3) is 0 Å². The second-order valence-electron chi connectivity index (χ2n) is 7.15. The zero-order valence-corrected chi connectivity index (χ0v) is 16.2. The van der Waals surface area contributed by atoms with Gasteiger partial charge in [-0.15, -0.1) is 0 Å². The summed E-state index contributed by atoms with van der Waals surface area (Å²) >= 11 is 5.65. The third kappa shape index (κ3) is 3.55. The molecule has 0 atom stereocenters. The third-order valence-electron chi connectivity index (χ3n) is 5.40. The molecule has 4 fully saturated rings. The van der Waals surface area contributed by atoms with Gasteiger partial charge < -0.3 is 32.5 Å². The molecule has 9 nitrogen and oxygen atoms in total. The van der Waals surface area contributed by atoms with Crippen molar-refractivity contribution in [3.63, 3.8) is 0 Å². The number of hydrogen-bond donors (Lipinski definition) is 2. The van der Waals surface area contributed by atoms with Crippen LogP contribution in [0.15, 0.2) is 0 Å². The lowest BCUT2D eigenvalue weighted by Crippen LogP contribution is -3.17. The minimum absolute atomic E-state index is 0.201. The smallest absolute Gasteiger partial charge is 0.325 e. The summed E-state index contributed by atoms with van der Waals surface area (Å²) in [6.45, 7) is 5.29. The normalized spacial score (nSPS) is 42.4. The quantitative estimate of drug-likeness (QED) is 0.434.